The van der Waals surface area contributed by atoms with Crippen LogP contribution in [0.2, 0.25) is 0 Å². The Hall–Kier alpha value is -2.06. The first-order valence-corrected chi connectivity index (χ1v) is 8.57. The second kappa shape index (κ2) is 7.45. The molecule has 134 valence electrons. The van der Waals surface area contributed by atoms with Gasteiger partial charge in [0.05, 0.1) is 19.4 Å². The van der Waals surface area contributed by atoms with Crippen LogP contribution in [0.3, 0.4) is 0 Å². The Morgan fingerprint density at radius 2 is 2.04 bits per heavy atom. The van der Waals surface area contributed by atoms with Gasteiger partial charge in [0.1, 0.15) is 18.1 Å². The van der Waals surface area contributed by atoms with Crippen molar-refractivity contribution in [3.63, 3.8) is 0 Å². The first-order chi connectivity index (χ1) is 11.9. The van der Waals surface area contributed by atoms with Crippen molar-refractivity contribution >= 4 is 11.3 Å². The first-order valence-electron chi connectivity index (χ1n) is 7.76. The normalized spacial score (nSPS) is 12.2. The van der Waals surface area contributed by atoms with Gasteiger partial charge in [0.25, 0.3) is 0 Å². The summed E-state index contributed by atoms with van der Waals surface area (Å²) in [6.45, 7) is 2.43. The molecule has 0 saturated carbocycles. The van der Waals surface area contributed by atoms with Crippen molar-refractivity contribution in [3.05, 3.63) is 64.3 Å². The van der Waals surface area contributed by atoms with Crippen molar-refractivity contribution < 1.29 is 17.6 Å². The Morgan fingerprint density at radius 3 is 2.68 bits per heavy atom. The number of imidazole rings is 1. The van der Waals surface area contributed by atoms with Gasteiger partial charge in [-0.1, -0.05) is 0 Å². The van der Waals surface area contributed by atoms with Crippen LogP contribution in [0.25, 0.3) is 0 Å². The zero-order chi connectivity index (χ0) is 17.9. The van der Waals surface area contributed by atoms with E-state index in [2.05, 4.69) is 4.98 Å². The van der Waals surface area contributed by atoms with Crippen LogP contribution >= 0.6 is 11.3 Å². The summed E-state index contributed by atoms with van der Waals surface area (Å²) >= 11 is 1.68. The molecule has 3 aromatic rings. The van der Waals surface area contributed by atoms with Gasteiger partial charge in [-0.3, -0.25) is 4.90 Å². The number of rotatable bonds is 7. The van der Waals surface area contributed by atoms with Crippen molar-refractivity contribution in [1.29, 1.82) is 0 Å². The average Bonchev–Trinajstić information content (AvgIpc) is 3.23. The summed E-state index contributed by atoms with van der Waals surface area (Å²) < 4.78 is 44.7. The third kappa shape index (κ3) is 5.20. The number of halogens is 3. The van der Waals surface area contributed by atoms with Crippen LogP contribution in [0.5, 0.6) is 0 Å². The lowest BCUT2D eigenvalue weighted by atomic mass is 10.3. The second-order valence-corrected chi connectivity index (χ2v) is 7.20. The van der Waals surface area contributed by atoms with Crippen LogP contribution in [0.15, 0.2) is 47.3 Å². The minimum Gasteiger partial charge on any atom is -0.468 e. The first kappa shape index (κ1) is 17.8. The minimum atomic E-state index is -4.27. The number of thiophene rings is 1. The van der Waals surface area contributed by atoms with Gasteiger partial charge >= 0.3 is 6.18 Å². The lowest BCUT2D eigenvalue weighted by molar-refractivity contribution is -0.141. The molecule has 3 rings (SSSR count). The average molecular weight is 369 g/mol. The lowest BCUT2D eigenvalue weighted by Crippen LogP contribution is -2.26. The Kier molecular flexibility index (Phi) is 5.29. The SMILES string of the molecule is Cc1ccc(CN(Cc2ccco2)Cc2nccn2CC(F)(F)F)s1. The molecule has 3 heterocycles. The minimum absolute atomic E-state index is 0.306. The van der Waals surface area contributed by atoms with E-state index in [-0.39, 0.29) is 0 Å². The number of hydrogen-bond acceptors (Lipinski definition) is 4. The summed E-state index contributed by atoms with van der Waals surface area (Å²) in [6, 6.07) is 7.73. The van der Waals surface area contributed by atoms with Crippen molar-refractivity contribution in [2.75, 3.05) is 0 Å². The van der Waals surface area contributed by atoms with E-state index in [0.717, 1.165) is 15.2 Å². The van der Waals surface area contributed by atoms with Crippen LogP contribution in [0.4, 0.5) is 13.2 Å². The fourth-order valence-corrected chi connectivity index (χ4v) is 3.54. The molecule has 0 aliphatic carbocycles. The maximum Gasteiger partial charge on any atom is 0.406 e. The molecular weight excluding hydrogens is 351 g/mol. The van der Waals surface area contributed by atoms with E-state index in [0.29, 0.717) is 25.5 Å². The maximum atomic E-state index is 12.7. The van der Waals surface area contributed by atoms with Crippen molar-refractivity contribution in [3.8, 4) is 0 Å². The van der Waals surface area contributed by atoms with Gasteiger partial charge in [-0.25, -0.2) is 4.98 Å². The zero-order valence-corrected chi connectivity index (χ0v) is 14.5. The van der Waals surface area contributed by atoms with Gasteiger partial charge in [0, 0.05) is 28.7 Å². The largest absolute Gasteiger partial charge is 0.468 e. The summed E-state index contributed by atoms with van der Waals surface area (Å²) in [7, 11) is 0. The predicted octanol–water partition coefficient (Wildman–Crippen LogP) is 4.61. The van der Waals surface area contributed by atoms with Crippen LogP contribution in [-0.2, 0) is 26.2 Å². The number of aryl methyl sites for hydroxylation is 1. The molecule has 3 aromatic heterocycles. The van der Waals surface area contributed by atoms with E-state index in [9.17, 15) is 13.2 Å². The van der Waals surface area contributed by atoms with E-state index in [1.165, 1.54) is 17.3 Å². The van der Waals surface area contributed by atoms with E-state index >= 15 is 0 Å². The lowest BCUT2D eigenvalue weighted by Gasteiger charge is -2.21. The van der Waals surface area contributed by atoms with E-state index in [4.69, 9.17) is 4.42 Å². The van der Waals surface area contributed by atoms with Crippen molar-refractivity contribution in [2.45, 2.75) is 39.3 Å². The molecule has 0 aliphatic heterocycles. The van der Waals surface area contributed by atoms with Gasteiger partial charge in [-0.15, -0.1) is 11.3 Å². The maximum absolute atomic E-state index is 12.7. The van der Waals surface area contributed by atoms with Crippen LogP contribution in [0.1, 0.15) is 21.3 Å². The molecule has 8 heteroatoms. The third-order valence-corrected chi connectivity index (χ3v) is 4.64. The zero-order valence-electron chi connectivity index (χ0n) is 13.7. The Bertz CT molecular complexity index is 792. The summed E-state index contributed by atoms with van der Waals surface area (Å²) in [4.78, 5) is 8.49. The summed E-state index contributed by atoms with van der Waals surface area (Å²) in [5.41, 5.74) is 0. The second-order valence-electron chi connectivity index (χ2n) is 5.82. The fraction of sp³-hybridized carbons (Fsp3) is 0.353. The van der Waals surface area contributed by atoms with Crippen molar-refractivity contribution in [2.24, 2.45) is 0 Å². The predicted molar refractivity (Wildman–Crippen MR) is 89.0 cm³/mol. The molecule has 0 fully saturated rings. The van der Waals surface area contributed by atoms with Gasteiger partial charge in [0.15, 0.2) is 0 Å². The molecule has 0 atom stereocenters. The summed E-state index contributed by atoms with van der Waals surface area (Å²) in [5, 5.41) is 0. The van der Waals surface area contributed by atoms with E-state index in [1.807, 2.05) is 30.0 Å². The Morgan fingerprint density at radius 1 is 1.20 bits per heavy atom. The van der Waals surface area contributed by atoms with E-state index in [1.54, 1.807) is 23.7 Å². The number of alkyl halides is 3. The van der Waals surface area contributed by atoms with E-state index < -0.39 is 12.7 Å². The highest BCUT2D eigenvalue weighted by atomic mass is 32.1. The Balaban J connectivity index is 1.76. The van der Waals surface area contributed by atoms with Crippen LogP contribution < -0.4 is 0 Å². The fourth-order valence-electron chi connectivity index (χ4n) is 2.61. The molecule has 4 nitrogen and oxygen atoms in total. The highest BCUT2D eigenvalue weighted by Crippen LogP contribution is 2.22. The standard InChI is InChI=1S/C17H18F3N3OS/c1-13-4-5-15(25-13)10-22(9-14-3-2-8-24-14)11-16-21-6-7-23(16)12-17(18,19)20/h2-8H,9-12H2,1H3. The molecule has 0 aliphatic rings. The molecule has 0 aromatic carbocycles. The molecule has 0 radical (unpaired) electrons. The Labute approximate surface area is 147 Å². The highest BCUT2D eigenvalue weighted by molar-refractivity contribution is 7.11. The highest BCUT2D eigenvalue weighted by Gasteiger charge is 2.29. The smallest absolute Gasteiger partial charge is 0.406 e. The molecule has 0 bridgehead atoms. The number of nitrogens with zero attached hydrogens (tertiary/aromatic N) is 3. The molecule has 0 saturated heterocycles. The van der Waals surface area contributed by atoms with Gasteiger partial charge in [-0.05, 0) is 31.2 Å². The number of furan rings is 1. The number of aromatic nitrogens is 2. The molecular formula is C17H18F3N3OS. The van der Waals surface area contributed by atoms with Gasteiger partial charge < -0.3 is 8.98 Å². The van der Waals surface area contributed by atoms with Crippen LogP contribution in [0, 0.1) is 6.92 Å². The topological polar surface area (TPSA) is 34.2 Å². The molecule has 25 heavy (non-hydrogen) atoms. The molecule has 0 spiro atoms. The van der Waals surface area contributed by atoms with Gasteiger partial charge in [-0.2, -0.15) is 13.2 Å². The monoisotopic (exact) mass is 369 g/mol. The third-order valence-electron chi connectivity index (χ3n) is 3.65. The van der Waals surface area contributed by atoms with Gasteiger partial charge in [0.2, 0.25) is 0 Å². The summed E-state index contributed by atoms with van der Waals surface area (Å²) in [5.74, 6) is 1.15. The quantitative estimate of drug-likeness (QED) is 0.610. The molecule has 0 unspecified atom stereocenters. The summed E-state index contributed by atoms with van der Waals surface area (Å²) in [6.07, 6.45) is 0.0875. The molecule has 0 amide bonds. The van der Waals surface area contributed by atoms with Crippen LogP contribution in [-0.4, -0.2) is 20.6 Å². The molecule has 0 N–H and O–H groups in total. The number of hydrogen-bond donors (Lipinski definition) is 0. The van der Waals surface area contributed by atoms with Crippen molar-refractivity contribution in [1.82, 2.24) is 14.5 Å².